The van der Waals surface area contributed by atoms with Gasteiger partial charge in [-0.1, -0.05) is 6.07 Å². The number of hydrogen-bond donors (Lipinski definition) is 2. The summed E-state index contributed by atoms with van der Waals surface area (Å²) in [5.74, 6) is 1.10. The van der Waals surface area contributed by atoms with E-state index in [9.17, 15) is 10.0 Å². The Bertz CT molecular complexity index is 727. The van der Waals surface area contributed by atoms with Crippen LogP contribution in [0.15, 0.2) is 42.5 Å². The van der Waals surface area contributed by atoms with Crippen molar-refractivity contribution < 1.29 is 24.3 Å². The molecule has 25 heavy (non-hydrogen) atoms. The van der Waals surface area contributed by atoms with Crippen molar-refractivity contribution in [3.05, 3.63) is 53.6 Å². The Morgan fingerprint density at radius 2 is 1.76 bits per heavy atom. The Kier molecular flexibility index (Phi) is 6.98. The highest BCUT2D eigenvalue weighted by atomic mass is 16.7. The third-order valence-corrected chi connectivity index (χ3v) is 3.49. The number of nitriles is 1. The molecule has 0 saturated carbocycles. The van der Waals surface area contributed by atoms with Gasteiger partial charge in [-0.25, -0.2) is 0 Å². The first-order valence-corrected chi connectivity index (χ1v) is 7.93. The zero-order valence-electron chi connectivity index (χ0n) is 14.2. The van der Waals surface area contributed by atoms with Crippen LogP contribution < -0.4 is 10.2 Å². The molecule has 1 atom stereocenters. The molecular formula is C18H20BNO5. The SMILES string of the molecule is CCOC(C)OCc1cc(Oc2ccc(C#N)cc2)ccc1B(O)O. The summed E-state index contributed by atoms with van der Waals surface area (Å²) in [4.78, 5) is 0. The molecule has 0 radical (unpaired) electrons. The van der Waals surface area contributed by atoms with E-state index in [-0.39, 0.29) is 6.61 Å². The van der Waals surface area contributed by atoms with Crippen molar-refractivity contribution in [1.29, 1.82) is 5.26 Å². The Hall–Kier alpha value is -2.37. The van der Waals surface area contributed by atoms with Crippen molar-refractivity contribution in [3.63, 3.8) is 0 Å². The molecule has 1 unspecified atom stereocenters. The standard InChI is InChI=1S/C18H20BNO5/c1-3-23-13(2)24-12-15-10-17(8-9-18(15)19(21)22)25-16-6-4-14(11-20)5-7-16/h4-10,13,21-22H,3,12H2,1-2H3. The molecule has 0 saturated heterocycles. The molecule has 0 fully saturated rings. The van der Waals surface area contributed by atoms with Crippen molar-refractivity contribution in [2.24, 2.45) is 0 Å². The number of rotatable bonds is 8. The van der Waals surface area contributed by atoms with Gasteiger partial charge < -0.3 is 24.3 Å². The second-order valence-electron chi connectivity index (χ2n) is 5.31. The molecule has 0 aliphatic carbocycles. The first-order valence-electron chi connectivity index (χ1n) is 7.93. The van der Waals surface area contributed by atoms with E-state index in [1.54, 1.807) is 49.4 Å². The lowest BCUT2D eigenvalue weighted by molar-refractivity contribution is -0.134. The third kappa shape index (κ3) is 5.59. The van der Waals surface area contributed by atoms with E-state index in [1.807, 2.05) is 13.0 Å². The van der Waals surface area contributed by atoms with Crippen molar-refractivity contribution in [2.75, 3.05) is 6.61 Å². The van der Waals surface area contributed by atoms with E-state index in [4.69, 9.17) is 19.5 Å². The van der Waals surface area contributed by atoms with Crippen LogP contribution in [0.25, 0.3) is 0 Å². The lowest BCUT2D eigenvalue weighted by Gasteiger charge is -2.16. The van der Waals surface area contributed by atoms with Gasteiger partial charge in [-0.05, 0) is 61.3 Å². The topological polar surface area (TPSA) is 91.9 Å². The summed E-state index contributed by atoms with van der Waals surface area (Å²) in [5, 5.41) is 27.8. The summed E-state index contributed by atoms with van der Waals surface area (Å²) in [7, 11) is -1.61. The van der Waals surface area contributed by atoms with Crippen LogP contribution in [0.5, 0.6) is 11.5 Å². The second kappa shape index (κ2) is 9.21. The Balaban J connectivity index is 2.16. The lowest BCUT2D eigenvalue weighted by Crippen LogP contribution is -2.33. The van der Waals surface area contributed by atoms with Crippen LogP contribution in [-0.2, 0) is 16.1 Å². The zero-order chi connectivity index (χ0) is 18.2. The van der Waals surface area contributed by atoms with Gasteiger partial charge in [0.15, 0.2) is 6.29 Å². The lowest BCUT2D eigenvalue weighted by atomic mass is 9.77. The highest BCUT2D eigenvalue weighted by Gasteiger charge is 2.17. The zero-order valence-corrected chi connectivity index (χ0v) is 14.2. The van der Waals surface area contributed by atoms with Gasteiger partial charge in [0.1, 0.15) is 11.5 Å². The summed E-state index contributed by atoms with van der Waals surface area (Å²) < 4.78 is 16.6. The number of benzene rings is 2. The normalized spacial score (nSPS) is 11.6. The van der Waals surface area contributed by atoms with Gasteiger partial charge >= 0.3 is 7.12 Å². The van der Waals surface area contributed by atoms with Crippen LogP contribution in [-0.4, -0.2) is 30.1 Å². The first kappa shape index (κ1) is 19.0. The second-order valence-corrected chi connectivity index (χ2v) is 5.31. The third-order valence-electron chi connectivity index (χ3n) is 3.49. The molecule has 0 heterocycles. The van der Waals surface area contributed by atoms with E-state index >= 15 is 0 Å². The quantitative estimate of drug-likeness (QED) is 0.563. The molecule has 0 aromatic heterocycles. The van der Waals surface area contributed by atoms with Crippen molar-refractivity contribution in [3.8, 4) is 17.6 Å². The number of nitrogens with zero attached hydrogens (tertiary/aromatic N) is 1. The Morgan fingerprint density at radius 1 is 1.08 bits per heavy atom. The average molecular weight is 341 g/mol. The van der Waals surface area contributed by atoms with Crippen LogP contribution in [0.1, 0.15) is 25.0 Å². The maximum absolute atomic E-state index is 9.51. The molecule has 2 N–H and O–H groups in total. The van der Waals surface area contributed by atoms with Gasteiger partial charge in [-0.2, -0.15) is 5.26 Å². The van der Waals surface area contributed by atoms with E-state index in [0.717, 1.165) is 0 Å². The van der Waals surface area contributed by atoms with E-state index in [2.05, 4.69) is 0 Å². The minimum Gasteiger partial charge on any atom is -0.457 e. The minimum absolute atomic E-state index is 0.151. The molecule has 2 aromatic rings. The molecule has 2 aromatic carbocycles. The van der Waals surface area contributed by atoms with Crippen molar-refractivity contribution >= 4 is 12.6 Å². The molecule has 6 nitrogen and oxygen atoms in total. The summed E-state index contributed by atoms with van der Waals surface area (Å²) in [6.07, 6.45) is -0.406. The fraction of sp³-hybridized carbons (Fsp3) is 0.278. The summed E-state index contributed by atoms with van der Waals surface area (Å²) >= 11 is 0. The first-order chi connectivity index (χ1) is 12.0. The predicted octanol–water partition coefficient (Wildman–Crippen LogP) is 1.93. The number of ether oxygens (including phenoxy) is 3. The van der Waals surface area contributed by atoms with Crippen molar-refractivity contribution in [2.45, 2.75) is 26.7 Å². The van der Waals surface area contributed by atoms with Gasteiger partial charge in [-0.15, -0.1) is 0 Å². The van der Waals surface area contributed by atoms with E-state index in [1.165, 1.54) is 0 Å². The number of hydrogen-bond acceptors (Lipinski definition) is 6. The molecule has 7 heteroatoms. The van der Waals surface area contributed by atoms with Crippen LogP contribution in [0.2, 0.25) is 0 Å². The van der Waals surface area contributed by atoms with Gasteiger partial charge in [0.05, 0.1) is 18.2 Å². The van der Waals surface area contributed by atoms with Gasteiger partial charge in [0.25, 0.3) is 0 Å². The Morgan fingerprint density at radius 3 is 2.36 bits per heavy atom. The summed E-state index contributed by atoms with van der Waals surface area (Å²) in [5.41, 5.74) is 1.48. The summed E-state index contributed by atoms with van der Waals surface area (Å²) in [6.45, 7) is 4.32. The largest absolute Gasteiger partial charge is 0.488 e. The maximum Gasteiger partial charge on any atom is 0.488 e. The smallest absolute Gasteiger partial charge is 0.457 e. The Labute approximate surface area is 147 Å². The summed E-state index contributed by atoms with van der Waals surface area (Å²) in [6, 6.07) is 13.7. The molecular weight excluding hydrogens is 321 g/mol. The molecule has 0 amide bonds. The van der Waals surface area contributed by atoms with Gasteiger partial charge in [-0.3, -0.25) is 0 Å². The maximum atomic E-state index is 9.51. The molecule has 130 valence electrons. The van der Waals surface area contributed by atoms with Crippen LogP contribution in [0, 0.1) is 11.3 Å². The molecule has 0 spiro atoms. The van der Waals surface area contributed by atoms with Crippen LogP contribution in [0.4, 0.5) is 0 Å². The van der Waals surface area contributed by atoms with E-state index < -0.39 is 13.4 Å². The van der Waals surface area contributed by atoms with Crippen LogP contribution >= 0.6 is 0 Å². The fourth-order valence-electron chi connectivity index (χ4n) is 2.25. The monoisotopic (exact) mass is 341 g/mol. The van der Waals surface area contributed by atoms with Crippen LogP contribution in [0.3, 0.4) is 0 Å². The van der Waals surface area contributed by atoms with Gasteiger partial charge in [0, 0.05) is 6.61 Å². The molecule has 2 rings (SSSR count). The van der Waals surface area contributed by atoms with E-state index in [0.29, 0.717) is 34.7 Å². The average Bonchev–Trinajstić information content (AvgIpc) is 2.61. The molecule has 0 aliphatic rings. The highest BCUT2D eigenvalue weighted by molar-refractivity contribution is 6.59. The highest BCUT2D eigenvalue weighted by Crippen LogP contribution is 2.22. The van der Waals surface area contributed by atoms with Gasteiger partial charge in [0.2, 0.25) is 0 Å². The molecule has 0 bridgehead atoms. The fourth-order valence-corrected chi connectivity index (χ4v) is 2.25. The minimum atomic E-state index is -1.61. The van der Waals surface area contributed by atoms with Crippen molar-refractivity contribution in [1.82, 2.24) is 0 Å². The molecule has 0 aliphatic heterocycles. The predicted molar refractivity (Wildman–Crippen MR) is 93.4 cm³/mol.